The summed E-state index contributed by atoms with van der Waals surface area (Å²) >= 11 is 0. The van der Waals surface area contributed by atoms with Crippen LogP contribution in [0.2, 0.25) is 0 Å². The molecule has 0 saturated carbocycles. The first-order valence-electron chi connectivity index (χ1n) is 7.58. The fraction of sp³-hybridized carbons (Fsp3) is 0. The van der Waals surface area contributed by atoms with Gasteiger partial charge in [0, 0.05) is 22.0 Å². The Bertz CT molecular complexity index is 1080. The lowest BCUT2D eigenvalue weighted by molar-refractivity contribution is 0.0948. The molecule has 0 spiro atoms. The fourth-order valence-corrected chi connectivity index (χ4v) is 2.70. The Morgan fingerprint density at radius 1 is 0.960 bits per heavy atom. The van der Waals surface area contributed by atoms with E-state index in [0.29, 0.717) is 17.0 Å². The van der Waals surface area contributed by atoms with Crippen LogP contribution in [0.25, 0.3) is 21.9 Å². The number of hydrazine groups is 1. The van der Waals surface area contributed by atoms with Crippen molar-refractivity contribution < 1.29 is 14.0 Å². The zero-order chi connectivity index (χ0) is 17.4. The Morgan fingerprint density at radius 2 is 1.80 bits per heavy atom. The van der Waals surface area contributed by atoms with Crippen molar-refractivity contribution in [1.82, 2.24) is 10.4 Å². The number of amides is 2. The van der Waals surface area contributed by atoms with Gasteiger partial charge >= 0.3 is 0 Å². The molecule has 5 N–H and O–H groups in total. The van der Waals surface area contributed by atoms with E-state index in [1.165, 1.54) is 0 Å². The third-order valence-corrected chi connectivity index (χ3v) is 3.90. The van der Waals surface area contributed by atoms with Crippen molar-refractivity contribution in [2.45, 2.75) is 0 Å². The predicted molar refractivity (Wildman–Crippen MR) is 94.1 cm³/mol. The Morgan fingerprint density at radius 3 is 2.60 bits per heavy atom. The monoisotopic (exact) mass is 334 g/mol. The third-order valence-electron chi connectivity index (χ3n) is 3.90. The van der Waals surface area contributed by atoms with Crippen molar-refractivity contribution in [1.29, 1.82) is 0 Å². The number of nitrogens with two attached hydrogens (primary N) is 1. The molecule has 124 valence electrons. The molecular weight excluding hydrogens is 320 g/mol. The molecule has 0 unspecified atom stereocenters. The van der Waals surface area contributed by atoms with Gasteiger partial charge in [0.15, 0.2) is 5.76 Å². The highest BCUT2D eigenvalue weighted by atomic mass is 16.3. The Kier molecular flexibility index (Phi) is 3.48. The van der Waals surface area contributed by atoms with Crippen LogP contribution in [0.3, 0.4) is 0 Å². The van der Waals surface area contributed by atoms with Crippen LogP contribution in [0.15, 0.2) is 59.0 Å². The highest BCUT2D eigenvalue weighted by molar-refractivity contribution is 6.06. The summed E-state index contributed by atoms with van der Waals surface area (Å²) in [5.74, 6) is 4.61. The molecule has 0 saturated heterocycles. The molecule has 0 fully saturated rings. The first-order valence-corrected chi connectivity index (χ1v) is 7.58. The first kappa shape index (κ1) is 15.0. The number of anilines is 1. The van der Waals surface area contributed by atoms with Gasteiger partial charge in [0.05, 0.1) is 0 Å². The number of aromatic nitrogens is 1. The number of aromatic amines is 1. The highest BCUT2D eigenvalue weighted by Crippen LogP contribution is 2.23. The van der Waals surface area contributed by atoms with Crippen molar-refractivity contribution in [3.05, 3.63) is 66.1 Å². The van der Waals surface area contributed by atoms with Gasteiger partial charge < -0.3 is 14.7 Å². The van der Waals surface area contributed by atoms with Crippen molar-refractivity contribution >= 4 is 39.4 Å². The van der Waals surface area contributed by atoms with Crippen LogP contribution in [-0.2, 0) is 0 Å². The fourth-order valence-electron chi connectivity index (χ4n) is 2.70. The second-order valence-electron chi connectivity index (χ2n) is 5.56. The van der Waals surface area contributed by atoms with E-state index in [-0.39, 0.29) is 11.7 Å². The van der Waals surface area contributed by atoms with Gasteiger partial charge in [-0.1, -0.05) is 18.2 Å². The highest BCUT2D eigenvalue weighted by Gasteiger charge is 2.13. The van der Waals surface area contributed by atoms with E-state index >= 15 is 0 Å². The van der Waals surface area contributed by atoms with Crippen LogP contribution in [-0.4, -0.2) is 16.8 Å². The predicted octanol–water partition coefficient (Wildman–Crippen LogP) is 2.77. The van der Waals surface area contributed by atoms with E-state index < -0.39 is 5.91 Å². The number of hydrogen-bond acceptors (Lipinski definition) is 4. The molecule has 7 heteroatoms. The third kappa shape index (κ3) is 2.73. The van der Waals surface area contributed by atoms with Gasteiger partial charge in [0.25, 0.3) is 11.8 Å². The molecule has 0 aliphatic heterocycles. The lowest BCUT2D eigenvalue weighted by Gasteiger charge is -2.03. The van der Waals surface area contributed by atoms with Crippen LogP contribution in [0.1, 0.15) is 21.0 Å². The van der Waals surface area contributed by atoms with Gasteiger partial charge in [-0.2, -0.15) is 0 Å². The minimum atomic E-state index is -0.413. The molecule has 0 bridgehead atoms. The number of benzene rings is 2. The van der Waals surface area contributed by atoms with Gasteiger partial charge in [-0.05, 0) is 36.4 Å². The van der Waals surface area contributed by atoms with Crippen molar-refractivity contribution in [3.63, 3.8) is 0 Å². The Hall–Kier alpha value is -3.58. The number of nitrogens with one attached hydrogen (secondary N) is 3. The molecule has 0 atom stereocenters. The summed E-state index contributed by atoms with van der Waals surface area (Å²) < 4.78 is 5.55. The van der Waals surface area contributed by atoms with Crippen molar-refractivity contribution in [2.24, 2.45) is 5.84 Å². The number of furan rings is 1. The zero-order valence-electron chi connectivity index (χ0n) is 13.0. The van der Waals surface area contributed by atoms with E-state index in [1.807, 2.05) is 24.3 Å². The summed E-state index contributed by atoms with van der Waals surface area (Å²) in [4.78, 5) is 26.9. The van der Waals surface area contributed by atoms with Crippen LogP contribution in [0.4, 0.5) is 5.69 Å². The summed E-state index contributed by atoms with van der Waals surface area (Å²) in [6.07, 6.45) is 0. The van der Waals surface area contributed by atoms with Gasteiger partial charge in [0.2, 0.25) is 0 Å². The number of H-pyrrole nitrogens is 1. The summed E-state index contributed by atoms with van der Waals surface area (Å²) in [6.45, 7) is 0. The van der Waals surface area contributed by atoms with Crippen molar-refractivity contribution in [2.75, 3.05) is 5.32 Å². The number of nitrogen functional groups attached to an aromatic ring is 1. The molecule has 2 aromatic heterocycles. The molecule has 2 aromatic carbocycles. The van der Waals surface area contributed by atoms with E-state index in [9.17, 15) is 9.59 Å². The topological polar surface area (TPSA) is 113 Å². The minimum absolute atomic E-state index is 0.235. The maximum Gasteiger partial charge on any atom is 0.291 e. The molecule has 0 aliphatic carbocycles. The van der Waals surface area contributed by atoms with E-state index in [1.54, 1.807) is 30.3 Å². The standard InChI is InChI=1S/C18H14N4O3/c19-22-17(23)14-8-11-7-12(5-6-13(11)21-14)20-18(24)16-9-10-3-1-2-4-15(10)25-16/h1-9,21H,19H2,(H,20,24)(H,22,23). The number of fused-ring (bicyclic) bond motifs is 2. The largest absolute Gasteiger partial charge is 0.451 e. The van der Waals surface area contributed by atoms with Gasteiger partial charge in [-0.25, -0.2) is 5.84 Å². The smallest absolute Gasteiger partial charge is 0.291 e. The molecule has 0 radical (unpaired) electrons. The molecule has 4 rings (SSSR count). The quantitative estimate of drug-likeness (QED) is 0.262. The zero-order valence-corrected chi connectivity index (χ0v) is 13.0. The maximum absolute atomic E-state index is 12.4. The Balaban J connectivity index is 1.61. The summed E-state index contributed by atoms with van der Waals surface area (Å²) in [6, 6.07) is 16.1. The van der Waals surface area contributed by atoms with Crippen LogP contribution >= 0.6 is 0 Å². The molecule has 4 aromatic rings. The lowest BCUT2D eigenvalue weighted by atomic mass is 10.2. The molecule has 2 amide bonds. The molecule has 7 nitrogen and oxygen atoms in total. The number of carbonyl (C=O) groups is 2. The van der Waals surface area contributed by atoms with Crippen LogP contribution in [0, 0.1) is 0 Å². The number of carbonyl (C=O) groups excluding carboxylic acids is 2. The van der Waals surface area contributed by atoms with E-state index in [4.69, 9.17) is 10.3 Å². The average Bonchev–Trinajstić information content (AvgIpc) is 3.24. The summed E-state index contributed by atoms with van der Waals surface area (Å²) in [5, 5.41) is 4.44. The minimum Gasteiger partial charge on any atom is -0.451 e. The molecule has 25 heavy (non-hydrogen) atoms. The SMILES string of the molecule is NNC(=O)c1cc2cc(NC(=O)c3cc4ccccc4o3)ccc2[nH]1. The lowest BCUT2D eigenvalue weighted by Crippen LogP contribution is -2.30. The molecule has 2 heterocycles. The van der Waals surface area contributed by atoms with Crippen molar-refractivity contribution in [3.8, 4) is 0 Å². The van der Waals surface area contributed by atoms with E-state index in [2.05, 4.69) is 15.7 Å². The number of rotatable bonds is 3. The van der Waals surface area contributed by atoms with Gasteiger partial charge in [-0.3, -0.25) is 15.0 Å². The van der Waals surface area contributed by atoms with Crippen LogP contribution < -0.4 is 16.6 Å². The summed E-state index contributed by atoms with van der Waals surface area (Å²) in [5.41, 5.74) is 4.43. The van der Waals surface area contributed by atoms with Gasteiger partial charge in [-0.15, -0.1) is 0 Å². The normalized spacial score (nSPS) is 10.9. The van der Waals surface area contributed by atoms with E-state index in [0.717, 1.165) is 16.3 Å². The maximum atomic E-state index is 12.4. The number of para-hydroxylation sites is 1. The average molecular weight is 334 g/mol. The Labute approximate surface area is 141 Å². The van der Waals surface area contributed by atoms with Crippen LogP contribution in [0.5, 0.6) is 0 Å². The molecular formula is C18H14N4O3. The second kappa shape index (κ2) is 5.81. The van der Waals surface area contributed by atoms with Gasteiger partial charge in [0.1, 0.15) is 11.3 Å². The molecule has 0 aliphatic rings. The number of hydrogen-bond donors (Lipinski definition) is 4. The second-order valence-corrected chi connectivity index (χ2v) is 5.56. The summed E-state index contributed by atoms with van der Waals surface area (Å²) in [7, 11) is 0. The first-order chi connectivity index (χ1) is 12.1.